The van der Waals surface area contributed by atoms with Gasteiger partial charge in [-0.25, -0.2) is 0 Å². The molecular formula is C9H9N3O3S. The summed E-state index contributed by atoms with van der Waals surface area (Å²) in [6, 6.07) is 8.04. The van der Waals surface area contributed by atoms with Crippen molar-refractivity contribution in [2.24, 2.45) is 10.1 Å². The highest BCUT2D eigenvalue weighted by Gasteiger charge is 2.33. The van der Waals surface area contributed by atoms with Crippen LogP contribution >= 0.6 is 0 Å². The van der Waals surface area contributed by atoms with Gasteiger partial charge < -0.3 is 5.73 Å². The summed E-state index contributed by atoms with van der Waals surface area (Å²) >= 11 is 0. The Labute approximate surface area is 92.6 Å². The minimum absolute atomic E-state index is 0.183. The van der Waals surface area contributed by atoms with Crippen molar-refractivity contribution in [3.8, 4) is 0 Å². The first-order valence-corrected chi connectivity index (χ1v) is 5.88. The van der Waals surface area contributed by atoms with Gasteiger partial charge in [-0.3, -0.25) is 4.79 Å². The van der Waals surface area contributed by atoms with E-state index >= 15 is 0 Å². The number of nitrogens with zero attached hydrogens (tertiary/aromatic N) is 2. The third-order valence-corrected chi connectivity index (χ3v) is 3.35. The maximum atomic E-state index is 11.6. The van der Waals surface area contributed by atoms with Gasteiger partial charge in [-0.2, -0.15) is 12.7 Å². The number of anilines is 1. The zero-order chi connectivity index (χ0) is 11.8. The molecule has 0 spiro atoms. The van der Waals surface area contributed by atoms with Crippen LogP contribution in [0.3, 0.4) is 0 Å². The lowest BCUT2D eigenvalue weighted by molar-refractivity contribution is -0.116. The van der Waals surface area contributed by atoms with Gasteiger partial charge in [0, 0.05) is 0 Å². The summed E-state index contributed by atoms with van der Waals surface area (Å²) in [5.74, 6) is -0.782. The number of hydrogen-bond donors (Lipinski definition) is 1. The van der Waals surface area contributed by atoms with Crippen LogP contribution in [-0.2, 0) is 15.0 Å². The second kappa shape index (κ2) is 3.60. The molecule has 0 bridgehead atoms. The average Bonchev–Trinajstić information content (AvgIpc) is 2.15. The molecule has 0 saturated carbocycles. The van der Waals surface area contributed by atoms with E-state index in [1.165, 1.54) is 12.1 Å². The van der Waals surface area contributed by atoms with Crippen molar-refractivity contribution in [1.29, 1.82) is 0 Å². The number of amidine groups is 1. The number of nitrogens with two attached hydrogens (primary N) is 1. The molecule has 84 valence electrons. The number of amides is 1. The van der Waals surface area contributed by atoms with Gasteiger partial charge in [-0.1, -0.05) is 18.2 Å². The summed E-state index contributed by atoms with van der Waals surface area (Å²) in [5, 5.41) is 0. The zero-order valence-electron chi connectivity index (χ0n) is 8.20. The van der Waals surface area contributed by atoms with Crippen LogP contribution < -0.4 is 10.0 Å². The lowest BCUT2D eigenvalue weighted by Gasteiger charge is -2.23. The Balaban J connectivity index is 2.54. The fraction of sp³-hybridized carbons (Fsp3) is 0.111. The largest absolute Gasteiger partial charge is 0.386 e. The summed E-state index contributed by atoms with van der Waals surface area (Å²) in [6.45, 7) is 0. The normalized spacial score (nSPS) is 19.4. The maximum absolute atomic E-state index is 11.6. The number of carbonyl (C=O) groups excluding carboxylic acids is 1. The Hall–Kier alpha value is -1.89. The van der Waals surface area contributed by atoms with E-state index in [0.29, 0.717) is 4.31 Å². The van der Waals surface area contributed by atoms with Crippen LogP contribution in [0.1, 0.15) is 6.42 Å². The quantitative estimate of drug-likeness (QED) is 0.748. The van der Waals surface area contributed by atoms with Crippen LogP contribution in [0.25, 0.3) is 0 Å². The molecule has 0 fully saturated rings. The van der Waals surface area contributed by atoms with E-state index in [2.05, 4.69) is 4.40 Å². The molecule has 2 rings (SSSR count). The molecule has 0 unspecified atom stereocenters. The van der Waals surface area contributed by atoms with Crippen molar-refractivity contribution < 1.29 is 13.2 Å². The van der Waals surface area contributed by atoms with Crippen LogP contribution in [0.2, 0.25) is 0 Å². The zero-order valence-corrected chi connectivity index (χ0v) is 9.02. The summed E-state index contributed by atoms with van der Waals surface area (Å²) in [4.78, 5) is 11.6. The molecule has 16 heavy (non-hydrogen) atoms. The minimum Gasteiger partial charge on any atom is -0.386 e. The lowest BCUT2D eigenvalue weighted by atomic mass is 10.3. The molecule has 1 aromatic carbocycles. The van der Waals surface area contributed by atoms with E-state index in [4.69, 9.17) is 5.73 Å². The van der Waals surface area contributed by atoms with Gasteiger partial charge in [-0.05, 0) is 12.1 Å². The van der Waals surface area contributed by atoms with Gasteiger partial charge in [-0.15, -0.1) is 4.40 Å². The summed E-state index contributed by atoms with van der Waals surface area (Å²) in [7, 11) is -4.03. The number of rotatable bonds is 1. The van der Waals surface area contributed by atoms with Gasteiger partial charge in [0.25, 0.3) is 0 Å². The van der Waals surface area contributed by atoms with Crippen molar-refractivity contribution in [3.05, 3.63) is 30.3 Å². The summed E-state index contributed by atoms with van der Waals surface area (Å²) in [6.07, 6.45) is -0.186. The Kier molecular flexibility index (Phi) is 2.39. The average molecular weight is 239 g/mol. The number of carbonyl (C=O) groups is 1. The second-order valence-corrected chi connectivity index (χ2v) is 4.67. The van der Waals surface area contributed by atoms with Gasteiger partial charge in [0.2, 0.25) is 5.91 Å². The topological polar surface area (TPSA) is 92.8 Å². The molecule has 1 aliphatic rings. The van der Waals surface area contributed by atoms with Gasteiger partial charge in [0.15, 0.2) is 0 Å². The fourth-order valence-electron chi connectivity index (χ4n) is 1.42. The molecule has 0 radical (unpaired) electrons. The lowest BCUT2D eigenvalue weighted by Crippen LogP contribution is -2.42. The van der Waals surface area contributed by atoms with Gasteiger partial charge in [0.05, 0.1) is 12.1 Å². The summed E-state index contributed by atoms with van der Waals surface area (Å²) in [5.41, 5.74) is 5.53. The van der Waals surface area contributed by atoms with Crippen molar-refractivity contribution in [2.75, 3.05) is 4.31 Å². The highest BCUT2D eigenvalue weighted by Crippen LogP contribution is 2.22. The smallest absolute Gasteiger partial charge is 0.353 e. The SMILES string of the molecule is NC1=NS(=O)(=O)N(c2ccccc2)C(=O)C1. The Bertz CT molecular complexity index is 551. The van der Waals surface area contributed by atoms with Crippen molar-refractivity contribution in [2.45, 2.75) is 6.42 Å². The van der Waals surface area contributed by atoms with Gasteiger partial charge >= 0.3 is 10.2 Å². The molecule has 1 amide bonds. The third kappa shape index (κ3) is 1.76. The molecule has 0 saturated heterocycles. The van der Waals surface area contributed by atoms with E-state index in [1.807, 2.05) is 0 Å². The molecule has 0 aromatic heterocycles. The molecule has 1 heterocycles. The molecule has 1 aliphatic heterocycles. The Morgan fingerprint density at radius 3 is 2.44 bits per heavy atom. The first kappa shape index (κ1) is 10.6. The van der Waals surface area contributed by atoms with E-state index in [0.717, 1.165) is 0 Å². The van der Waals surface area contributed by atoms with Crippen molar-refractivity contribution in [1.82, 2.24) is 0 Å². The molecule has 6 nitrogen and oxygen atoms in total. The minimum atomic E-state index is -4.03. The van der Waals surface area contributed by atoms with E-state index in [9.17, 15) is 13.2 Å². The Morgan fingerprint density at radius 2 is 1.88 bits per heavy atom. The number of benzene rings is 1. The van der Waals surface area contributed by atoms with Crippen LogP contribution in [-0.4, -0.2) is 20.2 Å². The molecule has 0 aliphatic carbocycles. The predicted molar refractivity (Wildman–Crippen MR) is 59.1 cm³/mol. The predicted octanol–water partition coefficient (Wildman–Crippen LogP) is 0.0253. The first-order valence-electron chi connectivity index (χ1n) is 4.48. The summed E-state index contributed by atoms with van der Waals surface area (Å²) < 4.78 is 27.2. The van der Waals surface area contributed by atoms with Crippen molar-refractivity contribution in [3.63, 3.8) is 0 Å². The molecule has 1 aromatic rings. The highest BCUT2D eigenvalue weighted by atomic mass is 32.2. The van der Waals surface area contributed by atoms with Crippen LogP contribution in [0, 0.1) is 0 Å². The van der Waals surface area contributed by atoms with Crippen LogP contribution in [0.5, 0.6) is 0 Å². The number of hydrogen-bond acceptors (Lipinski definition) is 4. The monoisotopic (exact) mass is 239 g/mol. The molecule has 0 atom stereocenters. The maximum Gasteiger partial charge on any atom is 0.353 e. The second-order valence-electron chi connectivity index (χ2n) is 3.23. The Morgan fingerprint density at radius 1 is 1.25 bits per heavy atom. The van der Waals surface area contributed by atoms with E-state index < -0.39 is 16.1 Å². The number of para-hydroxylation sites is 1. The van der Waals surface area contributed by atoms with Crippen molar-refractivity contribution >= 4 is 27.6 Å². The van der Waals surface area contributed by atoms with Crippen LogP contribution in [0.15, 0.2) is 34.7 Å². The third-order valence-electron chi connectivity index (χ3n) is 2.01. The molecular weight excluding hydrogens is 230 g/mol. The standard InChI is InChI=1S/C9H9N3O3S/c10-8-6-9(13)12(16(14,15)11-8)7-4-2-1-3-5-7/h1-5H,6H2,(H2,10,11). The van der Waals surface area contributed by atoms with E-state index in [-0.39, 0.29) is 17.9 Å². The van der Waals surface area contributed by atoms with E-state index in [1.54, 1.807) is 18.2 Å². The fourth-order valence-corrected chi connectivity index (χ4v) is 2.57. The molecule has 7 heteroatoms. The molecule has 2 N–H and O–H groups in total. The van der Waals surface area contributed by atoms with Crippen LogP contribution in [0.4, 0.5) is 5.69 Å². The first-order chi connectivity index (χ1) is 7.50. The highest BCUT2D eigenvalue weighted by molar-refractivity contribution is 7.92. The van der Waals surface area contributed by atoms with Gasteiger partial charge in [0.1, 0.15) is 5.84 Å².